The van der Waals surface area contributed by atoms with Gasteiger partial charge >= 0.3 is 0 Å². The van der Waals surface area contributed by atoms with E-state index < -0.39 is 9.84 Å². The Bertz CT molecular complexity index is 779. The van der Waals surface area contributed by atoms with Crippen LogP contribution in [0.15, 0.2) is 24.3 Å². The van der Waals surface area contributed by atoms with Crippen molar-refractivity contribution in [3.63, 3.8) is 0 Å². The van der Waals surface area contributed by atoms with E-state index in [1.165, 1.54) is 11.3 Å². The molecular formula is C13H12N2O3S2. The average Bonchev–Trinajstić information content (AvgIpc) is 3.07. The highest BCUT2D eigenvalue weighted by Crippen LogP contribution is 2.34. The summed E-state index contributed by atoms with van der Waals surface area (Å²) in [6.45, 7) is 0.321. The van der Waals surface area contributed by atoms with E-state index >= 15 is 0 Å². The molecule has 4 rings (SSSR count). The fraction of sp³-hybridized carbons (Fsp3) is 0.385. The van der Waals surface area contributed by atoms with Crippen LogP contribution < -0.4 is 0 Å². The molecule has 3 heterocycles. The lowest BCUT2D eigenvalue weighted by atomic mass is 10.2. The number of aromatic nitrogens is 1. The number of amides is 1. The molecule has 2 saturated heterocycles. The Hall–Kier alpha value is -1.47. The molecule has 2 bridgehead atoms. The number of likely N-dealkylation sites (tertiary alicyclic amines) is 1. The van der Waals surface area contributed by atoms with Crippen LogP contribution in [0.2, 0.25) is 0 Å². The van der Waals surface area contributed by atoms with Gasteiger partial charge in [0.25, 0.3) is 5.91 Å². The van der Waals surface area contributed by atoms with Crippen molar-refractivity contribution in [2.45, 2.75) is 17.7 Å². The molecule has 2 unspecified atom stereocenters. The summed E-state index contributed by atoms with van der Waals surface area (Å²) >= 11 is 1.37. The zero-order chi connectivity index (χ0) is 13.9. The van der Waals surface area contributed by atoms with Crippen molar-refractivity contribution in [3.8, 4) is 0 Å². The second-order valence-electron chi connectivity index (χ2n) is 5.29. The summed E-state index contributed by atoms with van der Waals surface area (Å²) in [6, 6.07) is 7.46. The van der Waals surface area contributed by atoms with Crippen molar-refractivity contribution in [1.82, 2.24) is 9.88 Å². The molecule has 2 aliphatic rings. The topological polar surface area (TPSA) is 67.3 Å². The number of sulfone groups is 1. The zero-order valence-corrected chi connectivity index (χ0v) is 12.2. The number of rotatable bonds is 1. The van der Waals surface area contributed by atoms with Crippen LogP contribution in [0.4, 0.5) is 0 Å². The van der Waals surface area contributed by atoms with Crippen LogP contribution in [-0.2, 0) is 9.84 Å². The summed E-state index contributed by atoms with van der Waals surface area (Å²) in [5, 5.41) is 0.0852. The van der Waals surface area contributed by atoms with Crippen LogP contribution in [0.5, 0.6) is 0 Å². The molecule has 0 aliphatic carbocycles. The van der Waals surface area contributed by atoms with Gasteiger partial charge in [0.05, 0.1) is 21.2 Å². The lowest BCUT2D eigenvalue weighted by molar-refractivity contribution is 0.0745. The summed E-state index contributed by atoms with van der Waals surface area (Å²) < 4.78 is 24.4. The monoisotopic (exact) mass is 308 g/mol. The van der Waals surface area contributed by atoms with Gasteiger partial charge in [-0.2, -0.15) is 0 Å². The number of thiazole rings is 1. The Morgan fingerprint density at radius 2 is 2.15 bits per heavy atom. The third-order valence-corrected chi connectivity index (χ3v) is 7.28. The number of hydrogen-bond donors (Lipinski definition) is 0. The molecule has 0 saturated carbocycles. The number of carbonyl (C=O) groups excluding carboxylic acids is 1. The normalized spacial score (nSPS) is 27.3. The van der Waals surface area contributed by atoms with Crippen molar-refractivity contribution < 1.29 is 13.2 Å². The minimum atomic E-state index is -2.97. The second-order valence-corrected chi connectivity index (χ2v) is 8.64. The van der Waals surface area contributed by atoms with E-state index in [-0.39, 0.29) is 23.0 Å². The fourth-order valence-corrected chi connectivity index (χ4v) is 5.98. The lowest BCUT2D eigenvalue weighted by Gasteiger charge is -2.25. The average molecular weight is 308 g/mol. The summed E-state index contributed by atoms with van der Waals surface area (Å²) in [5.41, 5.74) is 0.817. The lowest BCUT2D eigenvalue weighted by Crippen LogP contribution is -2.44. The maximum absolute atomic E-state index is 12.5. The van der Waals surface area contributed by atoms with Crippen LogP contribution in [0.1, 0.15) is 16.2 Å². The smallest absolute Gasteiger partial charge is 0.283 e. The molecule has 104 valence electrons. The van der Waals surface area contributed by atoms with Gasteiger partial charge in [-0.25, -0.2) is 13.4 Å². The van der Waals surface area contributed by atoms with E-state index in [0.29, 0.717) is 18.0 Å². The number of hydrogen-bond acceptors (Lipinski definition) is 5. The first-order valence-corrected chi connectivity index (χ1v) is 8.96. The molecule has 7 heteroatoms. The van der Waals surface area contributed by atoms with Crippen LogP contribution in [0.25, 0.3) is 10.2 Å². The number of para-hydroxylation sites is 1. The molecule has 2 atom stereocenters. The highest BCUT2D eigenvalue weighted by atomic mass is 32.2. The first-order valence-electron chi connectivity index (χ1n) is 6.43. The minimum absolute atomic E-state index is 0.105. The fourth-order valence-electron chi connectivity index (χ4n) is 3.03. The van der Waals surface area contributed by atoms with E-state index in [2.05, 4.69) is 4.98 Å². The third kappa shape index (κ3) is 1.69. The van der Waals surface area contributed by atoms with Gasteiger partial charge in [-0.15, -0.1) is 11.3 Å². The van der Waals surface area contributed by atoms with E-state index in [9.17, 15) is 13.2 Å². The Labute approximate surface area is 120 Å². The highest BCUT2D eigenvalue weighted by Gasteiger charge is 2.50. The molecule has 0 radical (unpaired) electrons. The Morgan fingerprint density at radius 1 is 1.35 bits per heavy atom. The van der Waals surface area contributed by atoms with Crippen molar-refractivity contribution in [1.29, 1.82) is 0 Å². The Morgan fingerprint density at radius 3 is 2.80 bits per heavy atom. The van der Waals surface area contributed by atoms with E-state index in [1.807, 2.05) is 24.3 Å². The van der Waals surface area contributed by atoms with Crippen molar-refractivity contribution in [2.24, 2.45) is 0 Å². The predicted molar refractivity (Wildman–Crippen MR) is 76.6 cm³/mol. The summed E-state index contributed by atoms with van der Waals surface area (Å²) in [7, 11) is -2.97. The molecule has 1 aromatic heterocycles. The van der Waals surface area contributed by atoms with Gasteiger partial charge < -0.3 is 4.90 Å². The maximum atomic E-state index is 12.5. The van der Waals surface area contributed by atoms with E-state index in [0.717, 1.165) is 10.2 Å². The molecule has 0 spiro atoms. The molecular weight excluding hydrogens is 296 g/mol. The summed E-state index contributed by atoms with van der Waals surface area (Å²) in [4.78, 5) is 18.5. The highest BCUT2D eigenvalue weighted by molar-refractivity contribution is 7.92. The SMILES string of the molecule is O=C(c1nc2ccccc2s1)N1CC2CC1CS2(=O)=O. The number of benzene rings is 1. The van der Waals surface area contributed by atoms with Gasteiger partial charge in [0, 0.05) is 12.6 Å². The molecule has 2 fully saturated rings. The number of fused-ring (bicyclic) bond motifs is 3. The summed E-state index contributed by atoms with van der Waals surface area (Å²) in [6.07, 6.45) is 0.582. The van der Waals surface area contributed by atoms with Crippen molar-refractivity contribution in [3.05, 3.63) is 29.3 Å². The second kappa shape index (κ2) is 4.02. The molecule has 0 N–H and O–H groups in total. The molecule has 5 nitrogen and oxygen atoms in total. The first-order chi connectivity index (χ1) is 9.54. The van der Waals surface area contributed by atoms with Gasteiger partial charge in [0.15, 0.2) is 14.8 Å². The largest absolute Gasteiger partial charge is 0.331 e. The van der Waals surface area contributed by atoms with Crippen LogP contribution >= 0.6 is 11.3 Å². The molecule has 1 amide bonds. The van der Waals surface area contributed by atoms with E-state index in [4.69, 9.17) is 0 Å². The van der Waals surface area contributed by atoms with Gasteiger partial charge in [-0.3, -0.25) is 4.79 Å². The van der Waals surface area contributed by atoms with Crippen molar-refractivity contribution in [2.75, 3.05) is 12.3 Å². The van der Waals surface area contributed by atoms with Crippen LogP contribution in [-0.4, -0.2) is 47.8 Å². The minimum Gasteiger partial charge on any atom is -0.331 e. The predicted octanol–water partition coefficient (Wildman–Crippen LogP) is 1.31. The van der Waals surface area contributed by atoms with Gasteiger partial charge in [0.2, 0.25) is 0 Å². The Kier molecular flexibility index (Phi) is 2.47. The standard InChI is InChI=1S/C13H12N2O3S2/c16-13(12-14-10-3-1-2-4-11(10)19-12)15-6-9-5-8(15)7-20(9,17)18/h1-4,8-9H,5-7H2. The molecule has 2 aliphatic heterocycles. The molecule has 20 heavy (non-hydrogen) atoms. The number of nitrogens with zero attached hydrogens (tertiary/aromatic N) is 2. The Balaban J connectivity index is 1.66. The van der Waals surface area contributed by atoms with Crippen LogP contribution in [0, 0.1) is 0 Å². The zero-order valence-electron chi connectivity index (χ0n) is 10.5. The quantitative estimate of drug-likeness (QED) is 0.796. The number of carbonyl (C=O) groups is 1. The van der Waals surface area contributed by atoms with Crippen molar-refractivity contribution >= 4 is 37.3 Å². The summed E-state index contributed by atoms with van der Waals surface area (Å²) in [5.74, 6) is -0.0255. The van der Waals surface area contributed by atoms with Gasteiger partial charge in [-0.05, 0) is 18.6 Å². The third-order valence-electron chi connectivity index (χ3n) is 4.05. The molecule has 1 aromatic carbocycles. The van der Waals surface area contributed by atoms with E-state index in [1.54, 1.807) is 4.90 Å². The van der Waals surface area contributed by atoms with Gasteiger partial charge in [-0.1, -0.05) is 12.1 Å². The molecule has 2 aromatic rings. The first kappa shape index (κ1) is 12.3. The van der Waals surface area contributed by atoms with Gasteiger partial charge in [0.1, 0.15) is 0 Å². The van der Waals surface area contributed by atoms with Crippen LogP contribution in [0.3, 0.4) is 0 Å². The maximum Gasteiger partial charge on any atom is 0.283 e.